The van der Waals surface area contributed by atoms with E-state index in [-0.39, 0.29) is 24.4 Å². The molecule has 2 heterocycles. The van der Waals surface area contributed by atoms with Crippen LogP contribution in [0.1, 0.15) is 30.1 Å². The molecule has 0 aliphatic carbocycles. The molecule has 3 rings (SSSR count). The largest absolute Gasteiger partial charge is 0.349 e. The molecule has 2 atom stereocenters. The van der Waals surface area contributed by atoms with Gasteiger partial charge in [-0.15, -0.1) is 12.4 Å². The van der Waals surface area contributed by atoms with Gasteiger partial charge in [-0.1, -0.05) is 6.07 Å². The molecule has 0 spiro atoms. The number of halogens is 1. The second-order valence-corrected chi connectivity index (χ2v) is 5.60. The summed E-state index contributed by atoms with van der Waals surface area (Å²) in [4.78, 5) is 21.0. The third-order valence-corrected chi connectivity index (χ3v) is 4.14. The first-order valence-corrected chi connectivity index (χ1v) is 7.47. The minimum absolute atomic E-state index is 0. The monoisotopic (exact) mass is 320 g/mol. The molecular formula is C16H21ClN4O. The molecule has 2 aromatic rings. The Bertz CT molecular complexity index is 638. The number of nitrogens with zero attached hydrogens (tertiary/aromatic N) is 2. The summed E-state index contributed by atoms with van der Waals surface area (Å²) >= 11 is 0. The zero-order valence-corrected chi connectivity index (χ0v) is 13.4. The summed E-state index contributed by atoms with van der Waals surface area (Å²) in [6.07, 6.45) is 5.59. The van der Waals surface area contributed by atoms with E-state index in [4.69, 9.17) is 0 Å². The Morgan fingerprint density at radius 1 is 1.36 bits per heavy atom. The highest BCUT2D eigenvalue weighted by molar-refractivity contribution is 6.04. The highest BCUT2D eigenvalue weighted by atomic mass is 35.5. The van der Waals surface area contributed by atoms with E-state index in [0.29, 0.717) is 17.0 Å². The fourth-order valence-corrected chi connectivity index (χ4v) is 2.88. The van der Waals surface area contributed by atoms with Crippen molar-refractivity contribution in [1.29, 1.82) is 0 Å². The van der Waals surface area contributed by atoms with Gasteiger partial charge >= 0.3 is 0 Å². The van der Waals surface area contributed by atoms with E-state index in [9.17, 15) is 4.79 Å². The van der Waals surface area contributed by atoms with Crippen LogP contribution < -0.4 is 10.6 Å². The van der Waals surface area contributed by atoms with Gasteiger partial charge in [0, 0.05) is 18.4 Å². The van der Waals surface area contributed by atoms with Crippen molar-refractivity contribution in [3.05, 3.63) is 36.2 Å². The SMILES string of the molecule is CC(NC(=O)c1cccc2nccnc12)C1CCCNC1.Cl. The Morgan fingerprint density at radius 2 is 2.18 bits per heavy atom. The van der Waals surface area contributed by atoms with Gasteiger partial charge in [-0.2, -0.15) is 0 Å². The first-order chi connectivity index (χ1) is 10.3. The molecule has 0 saturated carbocycles. The molecule has 118 valence electrons. The Kier molecular flexibility index (Phi) is 5.69. The van der Waals surface area contributed by atoms with Crippen LogP contribution in [0.15, 0.2) is 30.6 Å². The van der Waals surface area contributed by atoms with Crippen LogP contribution in [0.2, 0.25) is 0 Å². The summed E-state index contributed by atoms with van der Waals surface area (Å²) in [7, 11) is 0. The fraction of sp³-hybridized carbons (Fsp3) is 0.438. The first-order valence-electron chi connectivity index (χ1n) is 7.47. The van der Waals surface area contributed by atoms with Gasteiger partial charge in [0.25, 0.3) is 5.91 Å². The maximum atomic E-state index is 12.5. The summed E-state index contributed by atoms with van der Waals surface area (Å²) in [5, 5.41) is 6.50. The molecule has 0 radical (unpaired) electrons. The average Bonchev–Trinajstić information content (AvgIpc) is 2.55. The number of benzene rings is 1. The van der Waals surface area contributed by atoms with Crippen LogP contribution in [0.4, 0.5) is 0 Å². The third kappa shape index (κ3) is 3.54. The number of amides is 1. The van der Waals surface area contributed by atoms with Crippen molar-refractivity contribution in [2.75, 3.05) is 13.1 Å². The van der Waals surface area contributed by atoms with Gasteiger partial charge in [0.15, 0.2) is 0 Å². The van der Waals surface area contributed by atoms with E-state index in [1.807, 2.05) is 12.1 Å². The third-order valence-electron chi connectivity index (χ3n) is 4.14. The second kappa shape index (κ2) is 7.51. The number of hydrogen-bond acceptors (Lipinski definition) is 4. The lowest BCUT2D eigenvalue weighted by Gasteiger charge is -2.29. The van der Waals surface area contributed by atoms with Crippen LogP contribution in [0, 0.1) is 5.92 Å². The topological polar surface area (TPSA) is 66.9 Å². The van der Waals surface area contributed by atoms with Gasteiger partial charge < -0.3 is 10.6 Å². The molecule has 2 unspecified atom stereocenters. The number of nitrogens with one attached hydrogen (secondary N) is 2. The Morgan fingerprint density at radius 3 is 2.95 bits per heavy atom. The van der Waals surface area contributed by atoms with E-state index >= 15 is 0 Å². The molecule has 6 heteroatoms. The molecule has 1 aliphatic heterocycles. The lowest BCUT2D eigenvalue weighted by molar-refractivity contribution is 0.0923. The molecule has 1 aliphatic rings. The van der Waals surface area contributed by atoms with Crippen molar-refractivity contribution in [3.63, 3.8) is 0 Å². The number of carbonyl (C=O) groups is 1. The number of rotatable bonds is 3. The second-order valence-electron chi connectivity index (χ2n) is 5.60. The van der Waals surface area contributed by atoms with Crippen molar-refractivity contribution >= 4 is 29.3 Å². The Balaban J connectivity index is 0.00000176. The van der Waals surface area contributed by atoms with Crippen LogP contribution in [0.25, 0.3) is 11.0 Å². The van der Waals surface area contributed by atoms with Gasteiger partial charge in [-0.05, 0) is 50.9 Å². The zero-order valence-electron chi connectivity index (χ0n) is 12.6. The van der Waals surface area contributed by atoms with Gasteiger partial charge in [-0.3, -0.25) is 14.8 Å². The quantitative estimate of drug-likeness (QED) is 0.909. The number of piperidine rings is 1. The summed E-state index contributed by atoms with van der Waals surface area (Å²) in [5.41, 5.74) is 2.00. The van der Waals surface area contributed by atoms with Gasteiger partial charge in [0.05, 0.1) is 11.1 Å². The van der Waals surface area contributed by atoms with Crippen LogP contribution in [-0.2, 0) is 0 Å². The van der Waals surface area contributed by atoms with E-state index in [0.717, 1.165) is 25.0 Å². The van der Waals surface area contributed by atoms with E-state index < -0.39 is 0 Å². The predicted molar refractivity (Wildman–Crippen MR) is 89.3 cm³/mol. The molecule has 1 amide bonds. The van der Waals surface area contributed by atoms with Gasteiger partial charge in [0.1, 0.15) is 5.52 Å². The van der Waals surface area contributed by atoms with Crippen LogP contribution in [-0.4, -0.2) is 35.0 Å². The summed E-state index contributed by atoms with van der Waals surface area (Å²) in [5.74, 6) is 0.419. The Labute approximate surface area is 136 Å². The van der Waals surface area contributed by atoms with Crippen molar-refractivity contribution < 1.29 is 4.79 Å². The van der Waals surface area contributed by atoms with Crippen LogP contribution in [0.3, 0.4) is 0 Å². The smallest absolute Gasteiger partial charge is 0.253 e. The van der Waals surface area contributed by atoms with Crippen molar-refractivity contribution in [1.82, 2.24) is 20.6 Å². The highest BCUT2D eigenvalue weighted by Gasteiger charge is 2.22. The maximum absolute atomic E-state index is 12.5. The molecule has 1 aromatic carbocycles. The number of para-hydroxylation sites is 1. The molecular weight excluding hydrogens is 300 g/mol. The zero-order chi connectivity index (χ0) is 14.7. The van der Waals surface area contributed by atoms with Gasteiger partial charge in [0.2, 0.25) is 0 Å². The maximum Gasteiger partial charge on any atom is 0.253 e. The number of fused-ring (bicyclic) bond motifs is 1. The van der Waals surface area contributed by atoms with Crippen molar-refractivity contribution in [2.45, 2.75) is 25.8 Å². The van der Waals surface area contributed by atoms with Crippen LogP contribution >= 0.6 is 12.4 Å². The van der Waals surface area contributed by atoms with E-state index in [1.54, 1.807) is 18.5 Å². The summed E-state index contributed by atoms with van der Waals surface area (Å²) < 4.78 is 0. The van der Waals surface area contributed by atoms with E-state index in [2.05, 4.69) is 27.5 Å². The molecule has 2 N–H and O–H groups in total. The minimum Gasteiger partial charge on any atom is -0.349 e. The molecule has 1 fully saturated rings. The molecule has 1 saturated heterocycles. The number of hydrogen-bond donors (Lipinski definition) is 2. The number of carbonyl (C=O) groups excluding carboxylic acids is 1. The van der Waals surface area contributed by atoms with E-state index in [1.165, 1.54) is 6.42 Å². The standard InChI is InChI=1S/C16H20N4O.ClH/c1-11(12-4-3-7-17-10-12)20-16(21)13-5-2-6-14-15(13)19-9-8-18-14;/h2,5-6,8-9,11-12,17H,3-4,7,10H2,1H3,(H,20,21);1H. The normalized spacial score (nSPS) is 19.2. The van der Waals surface area contributed by atoms with Crippen LogP contribution in [0.5, 0.6) is 0 Å². The highest BCUT2D eigenvalue weighted by Crippen LogP contribution is 2.17. The van der Waals surface area contributed by atoms with Crippen molar-refractivity contribution in [2.24, 2.45) is 5.92 Å². The minimum atomic E-state index is -0.0702. The molecule has 5 nitrogen and oxygen atoms in total. The first kappa shape index (κ1) is 16.6. The average molecular weight is 321 g/mol. The lowest BCUT2D eigenvalue weighted by atomic mass is 9.92. The number of aromatic nitrogens is 2. The summed E-state index contributed by atoms with van der Waals surface area (Å²) in [6.45, 7) is 4.12. The van der Waals surface area contributed by atoms with Gasteiger partial charge in [-0.25, -0.2) is 0 Å². The molecule has 0 bridgehead atoms. The summed E-state index contributed by atoms with van der Waals surface area (Å²) in [6, 6.07) is 5.67. The fourth-order valence-electron chi connectivity index (χ4n) is 2.88. The lowest BCUT2D eigenvalue weighted by Crippen LogP contribution is -2.44. The van der Waals surface area contributed by atoms with Crippen molar-refractivity contribution in [3.8, 4) is 0 Å². The predicted octanol–water partition coefficient (Wildman–Crippen LogP) is 2.17. The molecule has 1 aromatic heterocycles. The Hall–Kier alpha value is -1.72. The molecule has 22 heavy (non-hydrogen) atoms.